The summed E-state index contributed by atoms with van der Waals surface area (Å²) in [5, 5.41) is 2.67. The first-order valence-electron chi connectivity index (χ1n) is 10.3. The number of rotatable bonds is 2. The molecule has 0 fully saturated rings. The van der Waals surface area contributed by atoms with E-state index in [0.717, 1.165) is 16.5 Å². The van der Waals surface area contributed by atoms with Crippen molar-refractivity contribution in [1.29, 1.82) is 0 Å². The van der Waals surface area contributed by atoms with Crippen LogP contribution in [0.2, 0.25) is 0 Å². The van der Waals surface area contributed by atoms with E-state index in [-0.39, 0.29) is 15.3 Å². The molecule has 0 spiro atoms. The summed E-state index contributed by atoms with van der Waals surface area (Å²) in [7, 11) is -8.26. The van der Waals surface area contributed by atoms with E-state index in [2.05, 4.69) is 0 Å². The topological polar surface area (TPSA) is 166 Å². The molecule has 6 N–H and O–H groups in total. The molecule has 0 aliphatic carbocycles. The molecule has 0 unspecified atom stereocenters. The van der Waals surface area contributed by atoms with Crippen molar-refractivity contribution in [2.24, 2.45) is 0 Å². The lowest BCUT2D eigenvalue weighted by molar-refractivity contribution is 0.482. The molecular formula is C26H25NO7S2. The highest BCUT2D eigenvalue weighted by molar-refractivity contribution is 7.86. The van der Waals surface area contributed by atoms with Gasteiger partial charge in [-0.2, -0.15) is 16.8 Å². The Balaban J connectivity index is 0.000000198. The maximum atomic E-state index is 11.0. The molecule has 0 bridgehead atoms. The molecule has 8 nitrogen and oxygen atoms in total. The van der Waals surface area contributed by atoms with Crippen LogP contribution in [0.1, 0.15) is 0 Å². The maximum absolute atomic E-state index is 11.0. The first-order chi connectivity index (χ1) is 16.6. The highest BCUT2D eigenvalue weighted by Gasteiger charge is 2.13. The van der Waals surface area contributed by atoms with E-state index < -0.39 is 20.2 Å². The van der Waals surface area contributed by atoms with Crippen molar-refractivity contribution < 1.29 is 31.4 Å². The van der Waals surface area contributed by atoms with E-state index in [0.29, 0.717) is 10.8 Å². The second kappa shape index (κ2) is 12.2. The number of para-hydroxylation sites is 1. The number of benzene rings is 5. The molecule has 0 amide bonds. The van der Waals surface area contributed by atoms with Crippen molar-refractivity contribution in [2.75, 3.05) is 5.73 Å². The van der Waals surface area contributed by atoms with E-state index >= 15 is 0 Å². The summed E-state index contributed by atoms with van der Waals surface area (Å²) >= 11 is 0. The number of nitrogens with two attached hydrogens (primary N) is 1. The van der Waals surface area contributed by atoms with Gasteiger partial charge in [-0.3, -0.25) is 9.11 Å². The van der Waals surface area contributed by atoms with Crippen LogP contribution in [0.25, 0.3) is 21.5 Å². The number of hydrogen-bond donors (Lipinski definition) is 3. The number of hydrogen-bond acceptors (Lipinski definition) is 5. The number of fused-ring (bicyclic) bond motifs is 2. The third-order valence-corrected chi connectivity index (χ3v) is 6.68. The molecule has 0 aromatic heterocycles. The minimum absolute atomic E-state index is 0. The van der Waals surface area contributed by atoms with Crippen molar-refractivity contribution >= 4 is 47.5 Å². The van der Waals surface area contributed by atoms with Crippen LogP contribution in [0.15, 0.2) is 125 Å². The average Bonchev–Trinajstić information content (AvgIpc) is 2.83. The SMILES string of the molecule is Nc1ccccc1.O.O=S(=O)(O)c1cccc2ccccc12.O=S(=O)(O)c1cccc2ccccc12. The van der Waals surface area contributed by atoms with Crippen LogP contribution in [0.5, 0.6) is 0 Å². The molecule has 0 aliphatic heterocycles. The lowest BCUT2D eigenvalue weighted by Crippen LogP contribution is -1.98. The van der Waals surface area contributed by atoms with Crippen molar-refractivity contribution in [2.45, 2.75) is 9.79 Å². The normalized spacial score (nSPS) is 10.8. The van der Waals surface area contributed by atoms with Crippen LogP contribution in [-0.2, 0) is 20.2 Å². The largest absolute Gasteiger partial charge is 0.412 e. The zero-order valence-corrected chi connectivity index (χ0v) is 20.5. The zero-order chi connectivity index (χ0) is 25.5. The van der Waals surface area contributed by atoms with Crippen molar-refractivity contribution in [3.63, 3.8) is 0 Å². The van der Waals surface area contributed by atoms with Crippen LogP contribution in [-0.4, -0.2) is 31.4 Å². The van der Waals surface area contributed by atoms with E-state index in [1.807, 2.05) is 42.5 Å². The molecule has 0 aliphatic rings. The van der Waals surface area contributed by atoms with Gasteiger partial charge in [0.25, 0.3) is 20.2 Å². The lowest BCUT2D eigenvalue weighted by atomic mass is 10.1. The summed E-state index contributed by atoms with van der Waals surface area (Å²) in [4.78, 5) is -0.0915. The van der Waals surface area contributed by atoms with Gasteiger partial charge in [0.15, 0.2) is 0 Å². The second-order valence-corrected chi connectivity index (χ2v) is 10.1. The Morgan fingerprint density at radius 1 is 0.472 bits per heavy atom. The summed E-state index contributed by atoms with van der Waals surface area (Å²) in [6.07, 6.45) is 0. The molecule has 5 aromatic rings. The van der Waals surface area contributed by atoms with Gasteiger partial charge in [-0.1, -0.05) is 91.0 Å². The van der Waals surface area contributed by atoms with Crippen molar-refractivity contribution in [1.82, 2.24) is 0 Å². The fourth-order valence-electron chi connectivity index (χ4n) is 3.29. The summed E-state index contributed by atoms with van der Waals surface area (Å²) < 4.78 is 61.9. The van der Waals surface area contributed by atoms with Gasteiger partial charge in [-0.25, -0.2) is 0 Å². The molecule has 10 heteroatoms. The van der Waals surface area contributed by atoms with Gasteiger partial charge in [-0.15, -0.1) is 0 Å². The summed E-state index contributed by atoms with van der Waals surface area (Å²) in [6, 6.07) is 33.1. The first-order valence-corrected chi connectivity index (χ1v) is 13.2. The summed E-state index contributed by atoms with van der Waals surface area (Å²) in [5.41, 5.74) is 6.18. The van der Waals surface area contributed by atoms with E-state index in [4.69, 9.17) is 14.8 Å². The third-order valence-electron chi connectivity index (χ3n) is 4.85. The Kier molecular flexibility index (Phi) is 9.68. The molecule has 36 heavy (non-hydrogen) atoms. The van der Waals surface area contributed by atoms with Gasteiger partial charge in [-0.05, 0) is 35.0 Å². The van der Waals surface area contributed by atoms with Gasteiger partial charge in [0.1, 0.15) is 9.79 Å². The van der Waals surface area contributed by atoms with Gasteiger partial charge in [0.2, 0.25) is 0 Å². The highest BCUT2D eigenvalue weighted by atomic mass is 32.2. The molecule has 0 heterocycles. The standard InChI is InChI=1S/2C10H8O3S.C6H7N.H2O/c2*11-14(12,13)10-7-3-5-8-4-1-2-6-9(8)10;7-6-4-2-1-3-5-6;/h2*1-7H,(H,11,12,13);1-5H,7H2;1H2. The van der Waals surface area contributed by atoms with Crippen molar-refractivity contribution in [3.05, 3.63) is 115 Å². The van der Waals surface area contributed by atoms with E-state index in [1.165, 1.54) is 12.1 Å². The van der Waals surface area contributed by atoms with E-state index in [1.54, 1.807) is 60.7 Å². The quantitative estimate of drug-likeness (QED) is 0.222. The Hall–Kier alpha value is -3.80. The van der Waals surface area contributed by atoms with Crippen LogP contribution in [0.3, 0.4) is 0 Å². The molecule has 0 saturated heterocycles. The number of nitrogen functional groups attached to an aromatic ring is 1. The van der Waals surface area contributed by atoms with Crippen LogP contribution in [0, 0.1) is 0 Å². The Bertz CT molecular complexity index is 1540. The Labute approximate surface area is 209 Å². The second-order valence-electron chi connectivity index (χ2n) is 7.32. The lowest BCUT2D eigenvalue weighted by Gasteiger charge is -2.02. The van der Waals surface area contributed by atoms with Gasteiger partial charge >= 0.3 is 0 Å². The molecule has 0 atom stereocenters. The molecule has 188 valence electrons. The van der Waals surface area contributed by atoms with Gasteiger partial charge < -0.3 is 11.2 Å². The molecule has 5 rings (SSSR count). The van der Waals surface area contributed by atoms with Gasteiger partial charge in [0.05, 0.1) is 0 Å². The summed E-state index contributed by atoms with van der Waals surface area (Å²) in [6.45, 7) is 0. The third kappa shape index (κ3) is 7.60. The number of anilines is 1. The predicted molar refractivity (Wildman–Crippen MR) is 142 cm³/mol. The first kappa shape index (κ1) is 28.4. The van der Waals surface area contributed by atoms with Crippen LogP contribution < -0.4 is 5.73 Å². The fraction of sp³-hybridized carbons (Fsp3) is 0. The van der Waals surface area contributed by atoms with Crippen molar-refractivity contribution in [3.8, 4) is 0 Å². The highest BCUT2D eigenvalue weighted by Crippen LogP contribution is 2.23. The monoisotopic (exact) mass is 527 g/mol. The molecule has 0 saturated carbocycles. The summed E-state index contributed by atoms with van der Waals surface area (Å²) in [5.74, 6) is 0. The molecular weight excluding hydrogens is 502 g/mol. The average molecular weight is 528 g/mol. The zero-order valence-electron chi connectivity index (χ0n) is 18.9. The predicted octanol–water partition coefficient (Wildman–Crippen LogP) is 4.62. The minimum atomic E-state index is -4.13. The van der Waals surface area contributed by atoms with Crippen LogP contribution in [0.4, 0.5) is 5.69 Å². The minimum Gasteiger partial charge on any atom is -0.412 e. The smallest absolute Gasteiger partial charge is 0.295 e. The Morgan fingerprint density at radius 2 is 0.806 bits per heavy atom. The maximum Gasteiger partial charge on any atom is 0.295 e. The van der Waals surface area contributed by atoms with Gasteiger partial charge in [0, 0.05) is 16.5 Å². The Morgan fingerprint density at radius 3 is 1.14 bits per heavy atom. The molecule has 5 aromatic carbocycles. The van der Waals surface area contributed by atoms with E-state index in [9.17, 15) is 16.8 Å². The van der Waals surface area contributed by atoms with Crippen LogP contribution >= 0.6 is 0 Å². The molecule has 0 radical (unpaired) electrons. The fourth-order valence-corrected chi connectivity index (χ4v) is 4.72.